The van der Waals surface area contributed by atoms with Crippen LogP contribution >= 0.6 is 11.3 Å². The molecule has 1 N–H and O–H groups in total. The van der Waals surface area contributed by atoms with Gasteiger partial charge in [-0.1, -0.05) is 12.1 Å². The number of rotatable bonds is 4. The van der Waals surface area contributed by atoms with Crippen molar-refractivity contribution >= 4 is 38.2 Å². The number of aryl methyl sites for hydroxylation is 2. The molecule has 3 aromatic rings. The van der Waals surface area contributed by atoms with Crippen LogP contribution in [0.4, 0.5) is 5.82 Å². The maximum absolute atomic E-state index is 11.4. The van der Waals surface area contributed by atoms with E-state index in [1.54, 1.807) is 17.6 Å². The number of fused-ring (bicyclic) bond motifs is 1. The Morgan fingerprint density at radius 2 is 1.91 bits per heavy atom. The fourth-order valence-electron chi connectivity index (χ4n) is 2.30. The first-order chi connectivity index (χ1) is 10.5. The molecule has 1 atom stereocenters. The molecule has 0 aliphatic heterocycles. The molecule has 0 saturated carbocycles. The van der Waals surface area contributed by atoms with Crippen molar-refractivity contribution in [2.75, 3.05) is 11.6 Å². The van der Waals surface area contributed by atoms with Gasteiger partial charge in [-0.2, -0.15) is 0 Å². The van der Waals surface area contributed by atoms with Gasteiger partial charge < -0.3 is 5.32 Å². The molecule has 0 aliphatic rings. The highest BCUT2D eigenvalue weighted by Crippen LogP contribution is 2.29. The Kier molecular flexibility index (Phi) is 4.22. The minimum absolute atomic E-state index is 0.678. The molecule has 0 spiro atoms. The standard InChI is InChI=1S/C16H17N3OS2/c1-10-9-21-16-14(10)15(18-11(2)19-16)17-8-12-4-6-13(7-5-12)22(3)20/h4-7,9H,8H2,1-3H3,(H,17,18,19)/t22-/m0/s1. The van der Waals surface area contributed by atoms with Crippen LogP contribution in [0.25, 0.3) is 10.2 Å². The summed E-state index contributed by atoms with van der Waals surface area (Å²) in [5, 5.41) is 6.61. The summed E-state index contributed by atoms with van der Waals surface area (Å²) in [5.41, 5.74) is 2.32. The molecule has 0 saturated heterocycles. The number of thiophene rings is 1. The van der Waals surface area contributed by atoms with E-state index in [0.717, 1.165) is 32.3 Å². The van der Waals surface area contributed by atoms with Gasteiger partial charge in [0.15, 0.2) is 0 Å². The van der Waals surface area contributed by atoms with Crippen molar-refractivity contribution in [3.8, 4) is 0 Å². The minimum Gasteiger partial charge on any atom is -0.365 e. The number of benzene rings is 1. The van der Waals surface area contributed by atoms with Gasteiger partial charge in [-0.3, -0.25) is 4.21 Å². The topological polar surface area (TPSA) is 54.9 Å². The van der Waals surface area contributed by atoms with E-state index in [0.29, 0.717) is 6.54 Å². The highest BCUT2D eigenvalue weighted by Gasteiger charge is 2.10. The predicted molar refractivity (Wildman–Crippen MR) is 93.0 cm³/mol. The molecule has 4 nitrogen and oxygen atoms in total. The van der Waals surface area contributed by atoms with Crippen molar-refractivity contribution in [2.24, 2.45) is 0 Å². The number of anilines is 1. The second-order valence-corrected chi connectivity index (χ2v) is 7.41. The molecule has 2 heterocycles. The Morgan fingerprint density at radius 1 is 1.18 bits per heavy atom. The van der Waals surface area contributed by atoms with Gasteiger partial charge in [-0.05, 0) is 42.5 Å². The second-order valence-electron chi connectivity index (χ2n) is 5.17. The summed E-state index contributed by atoms with van der Waals surface area (Å²) in [6.07, 6.45) is 1.69. The van der Waals surface area contributed by atoms with Crippen LogP contribution in [0, 0.1) is 13.8 Å². The highest BCUT2D eigenvalue weighted by atomic mass is 32.2. The number of nitrogens with zero attached hydrogens (tertiary/aromatic N) is 2. The predicted octanol–water partition coefficient (Wildman–Crippen LogP) is 3.66. The molecule has 0 unspecified atom stereocenters. The number of hydrogen-bond donors (Lipinski definition) is 1. The zero-order valence-electron chi connectivity index (χ0n) is 12.7. The van der Waals surface area contributed by atoms with Crippen molar-refractivity contribution in [1.82, 2.24) is 9.97 Å². The normalized spacial score (nSPS) is 12.5. The van der Waals surface area contributed by atoms with Gasteiger partial charge in [-0.15, -0.1) is 11.3 Å². The van der Waals surface area contributed by atoms with Crippen LogP contribution in [0.15, 0.2) is 34.5 Å². The van der Waals surface area contributed by atoms with E-state index in [9.17, 15) is 4.21 Å². The van der Waals surface area contributed by atoms with Gasteiger partial charge in [0.25, 0.3) is 0 Å². The number of hydrogen-bond acceptors (Lipinski definition) is 5. The largest absolute Gasteiger partial charge is 0.365 e. The van der Waals surface area contributed by atoms with Gasteiger partial charge in [0.05, 0.1) is 5.39 Å². The van der Waals surface area contributed by atoms with Crippen molar-refractivity contribution < 1.29 is 4.21 Å². The fourth-order valence-corrected chi connectivity index (χ4v) is 3.79. The summed E-state index contributed by atoms with van der Waals surface area (Å²) in [6.45, 7) is 4.66. The summed E-state index contributed by atoms with van der Waals surface area (Å²) in [7, 11) is -0.936. The van der Waals surface area contributed by atoms with Crippen LogP contribution in [-0.4, -0.2) is 20.4 Å². The van der Waals surface area contributed by atoms with Gasteiger partial charge >= 0.3 is 0 Å². The van der Waals surface area contributed by atoms with Gasteiger partial charge in [0.1, 0.15) is 16.5 Å². The molecule has 0 amide bonds. The first-order valence-corrected chi connectivity index (χ1v) is 9.37. The van der Waals surface area contributed by atoms with E-state index in [2.05, 4.69) is 27.6 Å². The minimum atomic E-state index is -0.936. The molecule has 1 aromatic carbocycles. The third-order valence-electron chi connectivity index (χ3n) is 3.44. The first-order valence-electron chi connectivity index (χ1n) is 6.93. The Bertz CT molecular complexity index is 840. The molecular formula is C16H17N3OS2. The van der Waals surface area contributed by atoms with Gasteiger partial charge in [0.2, 0.25) is 0 Å². The van der Waals surface area contributed by atoms with E-state index in [1.807, 2.05) is 31.2 Å². The van der Waals surface area contributed by atoms with E-state index in [-0.39, 0.29) is 0 Å². The lowest BCUT2D eigenvalue weighted by Crippen LogP contribution is -2.04. The molecule has 0 radical (unpaired) electrons. The number of nitrogens with one attached hydrogen (secondary N) is 1. The quantitative estimate of drug-likeness (QED) is 0.793. The Hall–Kier alpha value is -1.79. The summed E-state index contributed by atoms with van der Waals surface area (Å²) < 4.78 is 11.4. The fraction of sp³-hybridized carbons (Fsp3) is 0.250. The van der Waals surface area contributed by atoms with Crippen LogP contribution in [0.1, 0.15) is 17.0 Å². The molecule has 6 heteroatoms. The van der Waals surface area contributed by atoms with Crippen molar-refractivity contribution in [1.29, 1.82) is 0 Å². The van der Waals surface area contributed by atoms with Crippen LogP contribution in [0.5, 0.6) is 0 Å². The Morgan fingerprint density at radius 3 is 2.59 bits per heavy atom. The van der Waals surface area contributed by atoms with Gasteiger partial charge in [-0.25, -0.2) is 9.97 Å². The van der Waals surface area contributed by atoms with Crippen LogP contribution < -0.4 is 5.32 Å². The average Bonchev–Trinajstić information content (AvgIpc) is 2.86. The Labute approximate surface area is 136 Å². The molecule has 0 bridgehead atoms. The van der Waals surface area contributed by atoms with Gasteiger partial charge in [0, 0.05) is 28.5 Å². The summed E-state index contributed by atoms with van der Waals surface area (Å²) >= 11 is 1.64. The molecular weight excluding hydrogens is 314 g/mol. The second kappa shape index (κ2) is 6.14. The Balaban J connectivity index is 1.84. The van der Waals surface area contributed by atoms with E-state index in [4.69, 9.17) is 0 Å². The molecule has 2 aromatic heterocycles. The smallest absolute Gasteiger partial charge is 0.139 e. The van der Waals surface area contributed by atoms with Crippen LogP contribution in [0.2, 0.25) is 0 Å². The maximum atomic E-state index is 11.4. The SMILES string of the molecule is Cc1nc(NCc2ccc([S@](C)=O)cc2)c2c(C)csc2n1. The van der Waals surface area contributed by atoms with Crippen LogP contribution in [-0.2, 0) is 17.3 Å². The third kappa shape index (κ3) is 3.03. The van der Waals surface area contributed by atoms with Crippen molar-refractivity contribution in [3.05, 3.63) is 46.6 Å². The van der Waals surface area contributed by atoms with Crippen molar-refractivity contribution in [2.45, 2.75) is 25.3 Å². The molecule has 0 fully saturated rings. The molecule has 0 aliphatic carbocycles. The summed E-state index contributed by atoms with van der Waals surface area (Å²) in [5.74, 6) is 1.65. The van der Waals surface area contributed by atoms with Crippen LogP contribution in [0.3, 0.4) is 0 Å². The lowest BCUT2D eigenvalue weighted by atomic mass is 10.2. The average molecular weight is 331 g/mol. The summed E-state index contributed by atoms with van der Waals surface area (Å²) in [6, 6.07) is 7.80. The zero-order chi connectivity index (χ0) is 15.7. The van der Waals surface area contributed by atoms with Crippen molar-refractivity contribution in [3.63, 3.8) is 0 Å². The summed E-state index contributed by atoms with van der Waals surface area (Å²) in [4.78, 5) is 10.9. The van der Waals surface area contributed by atoms with E-state index >= 15 is 0 Å². The first kappa shape index (κ1) is 15.1. The lowest BCUT2D eigenvalue weighted by molar-refractivity contribution is 0.687. The highest BCUT2D eigenvalue weighted by molar-refractivity contribution is 7.84. The van der Waals surface area contributed by atoms with E-state index in [1.165, 1.54) is 5.56 Å². The zero-order valence-corrected chi connectivity index (χ0v) is 14.3. The third-order valence-corrected chi connectivity index (χ3v) is 5.37. The molecule has 22 heavy (non-hydrogen) atoms. The lowest BCUT2D eigenvalue weighted by Gasteiger charge is -2.09. The monoisotopic (exact) mass is 331 g/mol. The molecule has 114 valence electrons. The number of aromatic nitrogens is 2. The maximum Gasteiger partial charge on any atom is 0.139 e. The van der Waals surface area contributed by atoms with E-state index < -0.39 is 10.8 Å². The molecule has 3 rings (SSSR count).